The fourth-order valence-electron chi connectivity index (χ4n) is 0.316. The van der Waals surface area contributed by atoms with E-state index in [-0.39, 0.29) is 68.2 Å². The van der Waals surface area contributed by atoms with Crippen LogP contribution in [0.25, 0.3) is 0 Å². The summed E-state index contributed by atoms with van der Waals surface area (Å²) in [4.78, 5) is 0. The molecule has 0 unspecified atom stereocenters. The third kappa shape index (κ3) is 154. The molecule has 0 radical (unpaired) electrons. The van der Waals surface area contributed by atoms with Gasteiger partial charge >= 0.3 is 43.4 Å². The van der Waals surface area contributed by atoms with E-state index in [0.717, 1.165) is 38.5 Å². The van der Waals surface area contributed by atoms with Gasteiger partial charge in [-0.3, -0.25) is 0 Å². The topological polar surface area (TPSA) is 80.9 Å². The normalized spacial score (nSPS) is 6.55. The molecule has 4 nitrogen and oxygen atoms in total. The Hall–Kier alpha value is 1.85. The molecule has 0 saturated heterocycles. The zero-order valence-corrected chi connectivity index (χ0v) is 19.3. The largest absolute Gasteiger partial charge is 2.00 e. The summed E-state index contributed by atoms with van der Waals surface area (Å²) < 4.78 is 0. The second kappa shape index (κ2) is 77.7. The molecule has 0 aromatic heterocycles. The summed E-state index contributed by atoms with van der Waals surface area (Å²) in [5.41, 5.74) is 0. The van der Waals surface area contributed by atoms with E-state index in [1.165, 1.54) is 0 Å². The van der Waals surface area contributed by atoms with Crippen molar-refractivity contribution < 1.29 is 88.7 Å². The van der Waals surface area contributed by atoms with Crippen LogP contribution < -0.4 is 24.8 Å². The van der Waals surface area contributed by atoms with E-state index in [1.807, 2.05) is 13.8 Å². The number of halogens is 2. The molecule has 8 heteroatoms. The molecule has 4 N–H and O–H groups in total. The minimum Gasteiger partial charge on any atom is -1.00 e. The van der Waals surface area contributed by atoms with Crippen molar-refractivity contribution in [3.8, 4) is 0 Å². The Morgan fingerprint density at radius 1 is 0.455 bits per heavy atom. The van der Waals surface area contributed by atoms with Gasteiger partial charge in [-0.25, -0.2) is 0 Å². The maximum absolute atomic E-state index is 8.07. The summed E-state index contributed by atoms with van der Waals surface area (Å²) in [6.45, 7) is 9.29. The van der Waals surface area contributed by atoms with Gasteiger partial charge in [0, 0.05) is 26.4 Å². The molecule has 0 bridgehead atoms. The van der Waals surface area contributed by atoms with Crippen molar-refractivity contribution in [3.05, 3.63) is 0 Å². The number of rotatable bonds is 6. The second-order valence-electron chi connectivity index (χ2n) is 3.60. The van der Waals surface area contributed by atoms with Gasteiger partial charge in [-0.05, 0) is 25.7 Å². The van der Waals surface area contributed by atoms with Gasteiger partial charge in [0.05, 0.1) is 0 Å². The van der Waals surface area contributed by atoms with Crippen LogP contribution in [0.5, 0.6) is 0 Å². The smallest absolute Gasteiger partial charge is 1.00 e. The van der Waals surface area contributed by atoms with Crippen LogP contribution in [-0.2, 0) is 43.4 Å². The van der Waals surface area contributed by atoms with Crippen molar-refractivity contribution in [2.24, 2.45) is 0 Å². The average Bonchev–Trinajstić information content (AvgIpc) is 2.42. The average molecular weight is 435 g/mol. The second-order valence-corrected chi connectivity index (χ2v) is 3.60. The summed E-state index contributed by atoms with van der Waals surface area (Å²) in [5.74, 6) is 0. The molecule has 0 heterocycles. The maximum atomic E-state index is 8.07. The van der Waals surface area contributed by atoms with Crippen LogP contribution in [0.2, 0.25) is 0 Å². The molecule has 0 atom stereocenters. The molecule has 0 aromatic carbocycles. The summed E-state index contributed by atoms with van der Waals surface area (Å²) in [6.07, 6.45) is 5.83. The van der Waals surface area contributed by atoms with Gasteiger partial charge in [-0.1, -0.05) is 40.5 Å². The first kappa shape index (κ1) is 49.6. The third-order valence-electron chi connectivity index (χ3n) is 1.47. The predicted octanol–water partition coefficient (Wildman–Crippen LogP) is -3.66. The Morgan fingerprint density at radius 3 is 0.636 bits per heavy atom. The number of aliphatic hydroxyl groups is 4. The van der Waals surface area contributed by atoms with Crippen LogP contribution in [0.4, 0.5) is 0 Å². The van der Waals surface area contributed by atoms with Crippen molar-refractivity contribution in [1.82, 2.24) is 0 Å². The minimum absolute atomic E-state index is 0. The van der Waals surface area contributed by atoms with E-state index in [0.29, 0.717) is 26.4 Å². The zero-order chi connectivity index (χ0) is 15.1. The number of aliphatic hydroxyl groups excluding tert-OH is 4. The molecular formula is C14H36Cl2O4Ti2+2. The van der Waals surface area contributed by atoms with E-state index in [9.17, 15) is 0 Å². The Bertz CT molecular complexity index is 81.2. The third-order valence-corrected chi connectivity index (χ3v) is 1.47. The first-order valence-electron chi connectivity index (χ1n) is 7.09. The van der Waals surface area contributed by atoms with Gasteiger partial charge in [-0.2, -0.15) is 0 Å². The first-order valence-corrected chi connectivity index (χ1v) is 7.09. The molecule has 136 valence electrons. The zero-order valence-electron chi connectivity index (χ0n) is 14.6. The van der Waals surface area contributed by atoms with Crippen LogP contribution >= 0.6 is 0 Å². The summed E-state index contributed by atoms with van der Waals surface area (Å²) in [5, 5.41) is 31.9. The van der Waals surface area contributed by atoms with Gasteiger partial charge in [0.25, 0.3) is 0 Å². The van der Waals surface area contributed by atoms with Gasteiger partial charge in [-0.15, -0.1) is 0 Å². The Morgan fingerprint density at radius 2 is 0.636 bits per heavy atom. The fourth-order valence-corrected chi connectivity index (χ4v) is 0.316. The predicted molar refractivity (Wildman–Crippen MR) is 78.7 cm³/mol. The van der Waals surface area contributed by atoms with E-state index in [4.69, 9.17) is 20.4 Å². The van der Waals surface area contributed by atoms with Crippen LogP contribution in [0.3, 0.4) is 0 Å². The van der Waals surface area contributed by atoms with Crippen molar-refractivity contribution in [2.45, 2.75) is 66.2 Å². The maximum Gasteiger partial charge on any atom is 2.00 e. The minimum atomic E-state index is 0. The SMILES string of the molecule is CCCCO.CCCCO.CCCO.CCCO.[Cl-].[Cl-].[Ti+2].[Ti+2]. The van der Waals surface area contributed by atoms with E-state index in [2.05, 4.69) is 13.8 Å². The quantitative estimate of drug-likeness (QED) is 0.325. The molecule has 0 fully saturated rings. The van der Waals surface area contributed by atoms with Gasteiger partial charge < -0.3 is 45.2 Å². The molecule has 0 rings (SSSR count). The molecule has 0 aliphatic rings. The molecule has 0 spiro atoms. The van der Waals surface area contributed by atoms with Gasteiger partial charge in [0.1, 0.15) is 0 Å². The summed E-state index contributed by atoms with van der Waals surface area (Å²) in [6, 6.07) is 0. The van der Waals surface area contributed by atoms with Crippen LogP contribution in [-0.4, -0.2) is 46.9 Å². The molecule has 0 aliphatic carbocycles. The van der Waals surface area contributed by atoms with Gasteiger partial charge in [0.2, 0.25) is 0 Å². The van der Waals surface area contributed by atoms with Crippen LogP contribution in [0.1, 0.15) is 66.2 Å². The van der Waals surface area contributed by atoms with E-state index >= 15 is 0 Å². The van der Waals surface area contributed by atoms with Gasteiger partial charge in [0.15, 0.2) is 0 Å². The molecule has 0 saturated carbocycles. The van der Waals surface area contributed by atoms with Crippen molar-refractivity contribution in [3.63, 3.8) is 0 Å². The number of unbranched alkanes of at least 4 members (excludes halogenated alkanes) is 2. The Balaban J connectivity index is -0.0000000188. The molecule has 0 amide bonds. The van der Waals surface area contributed by atoms with Crippen LogP contribution in [0, 0.1) is 0 Å². The molecule has 0 aromatic rings. The van der Waals surface area contributed by atoms with Crippen molar-refractivity contribution >= 4 is 0 Å². The van der Waals surface area contributed by atoms with Crippen molar-refractivity contribution in [2.75, 3.05) is 26.4 Å². The standard InChI is InChI=1S/2C4H10O.2C3H8O.2ClH.2Ti/c2*1-2-3-4-5;2*1-2-3-4;;;;/h2*5H,2-4H2,1H3;2*4H,2-3H2,1H3;2*1H;;/q;;;;;;2*+2/p-2. The Kier molecular flexibility index (Phi) is 175. The number of hydrogen-bond acceptors (Lipinski definition) is 4. The molecule has 22 heavy (non-hydrogen) atoms. The Labute approximate surface area is 180 Å². The molecular weight excluding hydrogens is 399 g/mol. The fraction of sp³-hybridized carbons (Fsp3) is 1.00. The number of hydrogen-bond donors (Lipinski definition) is 4. The van der Waals surface area contributed by atoms with E-state index in [1.54, 1.807) is 0 Å². The van der Waals surface area contributed by atoms with E-state index < -0.39 is 0 Å². The molecule has 0 aliphatic heterocycles. The van der Waals surface area contributed by atoms with Crippen LogP contribution in [0.15, 0.2) is 0 Å². The monoisotopic (exact) mass is 434 g/mol. The summed E-state index contributed by atoms with van der Waals surface area (Å²) in [7, 11) is 0. The first-order chi connectivity index (χ1) is 8.66. The summed E-state index contributed by atoms with van der Waals surface area (Å²) >= 11 is 0. The van der Waals surface area contributed by atoms with Crippen molar-refractivity contribution in [1.29, 1.82) is 0 Å².